The Balaban J connectivity index is 2.36. The average molecular weight is 414 g/mol. The van der Waals surface area contributed by atoms with Crippen LogP contribution >= 0.6 is 15.9 Å². The molecular weight excluding hydrogens is 398 g/mol. The van der Waals surface area contributed by atoms with E-state index in [-0.39, 0.29) is 11.3 Å². The van der Waals surface area contributed by atoms with Crippen molar-refractivity contribution in [3.05, 3.63) is 76.4 Å². The van der Waals surface area contributed by atoms with Crippen molar-refractivity contribution >= 4 is 27.9 Å². The van der Waals surface area contributed by atoms with Crippen LogP contribution in [-0.4, -0.2) is 30.7 Å². The van der Waals surface area contributed by atoms with E-state index in [1.807, 2.05) is 54.6 Å². The van der Waals surface area contributed by atoms with Gasteiger partial charge in [0.2, 0.25) is 0 Å². The van der Waals surface area contributed by atoms with Gasteiger partial charge in [-0.2, -0.15) is 0 Å². The molecule has 0 spiro atoms. The third-order valence-electron chi connectivity index (χ3n) is 3.94. The molecule has 0 atom stereocenters. The van der Waals surface area contributed by atoms with Crippen LogP contribution < -0.4 is 0 Å². The maximum absolute atomic E-state index is 12.5. The summed E-state index contributed by atoms with van der Waals surface area (Å²) >= 11 is 3.41. The minimum atomic E-state index is -0.613. The summed E-state index contributed by atoms with van der Waals surface area (Å²) in [7, 11) is 2.56. The number of ether oxygens (including phenoxy) is 2. The van der Waals surface area contributed by atoms with Crippen LogP contribution in [0.25, 0.3) is 16.9 Å². The first kappa shape index (κ1) is 17.9. The summed E-state index contributed by atoms with van der Waals surface area (Å²) < 4.78 is 12.4. The van der Waals surface area contributed by atoms with Gasteiger partial charge in [0.15, 0.2) is 0 Å². The molecule has 132 valence electrons. The van der Waals surface area contributed by atoms with Crippen LogP contribution in [0.5, 0.6) is 0 Å². The number of halogens is 1. The first-order chi connectivity index (χ1) is 12.6. The monoisotopic (exact) mass is 413 g/mol. The number of methoxy groups -OCH3 is 2. The van der Waals surface area contributed by atoms with Gasteiger partial charge in [0.05, 0.1) is 25.5 Å². The standard InChI is InChI=1S/C20H16BrNO4/c1-25-19(23)16-12-17(13-8-10-14(21)11-9-13)22(18(16)20(24)26-2)15-6-4-3-5-7-15/h3-12H,1-2H3. The molecular formula is C20H16BrNO4. The molecule has 0 amide bonds. The van der Waals surface area contributed by atoms with Crippen molar-refractivity contribution in [1.82, 2.24) is 4.57 Å². The normalized spacial score (nSPS) is 10.4. The quantitative estimate of drug-likeness (QED) is 0.591. The van der Waals surface area contributed by atoms with Gasteiger partial charge in [-0.05, 0) is 35.9 Å². The highest BCUT2D eigenvalue weighted by molar-refractivity contribution is 9.10. The number of para-hydroxylation sites is 1. The fourth-order valence-electron chi connectivity index (χ4n) is 2.75. The second kappa shape index (κ2) is 7.58. The maximum atomic E-state index is 12.5. The third kappa shape index (κ3) is 3.28. The van der Waals surface area contributed by atoms with Crippen LogP contribution in [0, 0.1) is 0 Å². The Bertz CT molecular complexity index is 946. The van der Waals surface area contributed by atoms with E-state index < -0.39 is 11.9 Å². The van der Waals surface area contributed by atoms with E-state index in [0.29, 0.717) is 5.69 Å². The lowest BCUT2D eigenvalue weighted by Gasteiger charge is -2.13. The molecule has 0 aliphatic carbocycles. The molecule has 0 radical (unpaired) electrons. The molecule has 2 aromatic carbocycles. The van der Waals surface area contributed by atoms with E-state index in [1.165, 1.54) is 14.2 Å². The summed E-state index contributed by atoms with van der Waals surface area (Å²) in [6.45, 7) is 0. The lowest BCUT2D eigenvalue weighted by atomic mass is 10.1. The van der Waals surface area contributed by atoms with Crippen molar-refractivity contribution in [3.8, 4) is 16.9 Å². The Morgan fingerprint density at radius 1 is 0.885 bits per heavy atom. The Morgan fingerprint density at radius 2 is 1.50 bits per heavy atom. The van der Waals surface area contributed by atoms with Crippen molar-refractivity contribution in [2.75, 3.05) is 14.2 Å². The number of hydrogen-bond acceptors (Lipinski definition) is 4. The van der Waals surface area contributed by atoms with Crippen molar-refractivity contribution in [1.29, 1.82) is 0 Å². The van der Waals surface area contributed by atoms with Crippen molar-refractivity contribution in [2.24, 2.45) is 0 Å². The largest absolute Gasteiger partial charge is 0.465 e. The predicted molar refractivity (Wildman–Crippen MR) is 102 cm³/mol. The van der Waals surface area contributed by atoms with Gasteiger partial charge in [-0.1, -0.05) is 46.3 Å². The predicted octanol–water partition coefficient (Wildman–Crippen LogP) is 4.48. The minimum Gasteiger partial charge on any atom is -0.465 e. The zero-order chi connectivity index (χ0) is 18.7. The zero-order valence-electron chi connectivity index (χ0n) is 14.2. The topological polar surface area (TPSA) is 57.5 Å². The van der Waals surface area contributed by atoms with Crippen molar-refractivity contribution < 1.29 is 19.1 Å². The Hall–Kier alpha value is -2.86. The molecule has 0 N–H and O–H groups in total. The highest BCUT2D eigenvalue weighted by Crippen LogP contribution is 2.31. The van der Waals surface area contributed by atoms with Crippen LogP contribution in [0.15, 0.2) is 65.1 Å². The lowest BCUT2D eigenvalue weighted by molar-refractivity contribution is 0.0549. The maximum Gasteiger partial charge on any atom is 0.355 e. The summed E-state index contributed by atoms with van der Waals surface area (Å²) in [5.74, 6) is -1.21. The second-order valence-electron chi connectivity index (χ2n) is 5.45. The first-order valence-corrected chi connectivity index (χ1v) is 8.60. The van der Waals surface area contributed by atoms with Crippen LogP contribution in [0.1, 0.15) is 20.8 Å². The number of nitrogens with zero attached hydrogens (tertiary/aromatic N) is 1. The number of esters is 2. The van der Waals surface area contributed by atoms with Gasteiger partial charge >= 0.3 is 11.9 Å². The van der Waals surface area contributed by atoms with Gasteiger partial charge in [-0.15, -0.1) is 0 Å². The van der Waals surface area contributed by atoms with E-state index >= 15 is 0 Å². The highest BCUT2D eigenvalue weighted by atomic mass is 79.9. The Kier molecular flexibility index (Phi) is 5.23. The van der Waals surface area contributed by atoms with E-state index in [4.69, 9.17) is 9.47 Å². The van der Waals surface area contributed by atoms with Crippen LogP contribution in [-0.2, 0) is 9.47 Å². The first-order valence-electron chi connectivity index (χ1n) is 7.80. The SMILES string of the molecule is COC(=O)c1cc(-c2ccc(Br)cc2)n(-c2ccccc2)c1C(=O)OC. The average Bonchev–Trinajstić information content (AvgIpc) is 3.08. The summed E-state index contributed by atoms with van der Waals surface area (Å²) in [5.41, 5.74) is 2.55. The summed E-state index contributed by atoms with van der Waals surface area (Å²) in [6, 6.07) is 18.6. The number of rotatable bonds is 4. The van der Waals surface area contributed by atoms with E-state index in [1.54, 1.807) is 10.6 Å². The van der Waals surface area contributed by atoms with Gasteiger partial charge in [-0.25, -0.2) is 9.59 Å². The van der Waals surface area contributed by atoms with Crippen molar-refractivity contribution in [3.63, 3.8) is 0 Å². The number of hydrogen-bond donors (Lipinski definition) is 0. The smallest absolute Gasteiger partial charge is 0.355 e. The molecule has 1 aromatic heterocycles. The molecule has 1 heterocycles. The number of carbonyl (C=O) groups is 2. The molecule has 0 saturated carbocycles. The molecule has 0 saturated heterocycles. The third-order valence-corrected chi connectivity index (χ3v) is 4.47. The molecule has 0 bridgehead atoms. The molecule has 0 fully saturated rings. The summed E-state index contributed by atoms with van der Waals surface area (Å²) in [5, 5.41) is 0. The summed E-state index contributed by atoms with van der Waals surface area (Å²) in [4.78, 5) is 24.8. The molecule has 0 aliphatic heterocycles. The van der Waals surface area contributed by atoms with Gasteiger partial charge in [0.25, 0.3) is 0 Å². The molecule has 3 rings (SSSR count). The van der Waals surface area contributed by atoms with Crippen molar-refractivity contribution in [2.45, 2.75) is 0 Å². The summed E-state index contributed by atoms with van der Waals surface area (Å²) in [6.07, 6.45) is 0. The van der Waals surface area contributed by atoms with Gasteiger partial charge in [0.1, 0.15) is 5.69 Å². The molecule has 5 nitrogen and oxygen atoms in total. The molecule has 0 unspecified atom stereocenters. The fourth-order valence-corrected chi connectivity index (χ4v) is 3.02. The number of aromatic nitrogens is 1. The highest BCUT2D eigenvalue weighted by Gasteiger charge is 2.28. The van der Waals surface area contributed by atoms with Crippen LogP contribution in [0.4, 0.5) is 0 Å². The number of carbonyl (C=O) groups excluding carboxylic acids is 2. The Labute approximate surface area is 159 Å². The van der Waals surface area contributed by atoms with Gasteiger partial charge in [0, 0.05) is 10.2 Å². The molecule has 6 heteroatoms. The minimum absolute atomic E-state index is 0.128. The molecule has 26 heavy (non-hydrogen) atoms. The zero-order valence-corrected chi connectivity index (χ0v) is 15.8. The van der Waals surface area contributed by atoms with Crippen LogP contribution in [0.3, 0.4) is 0 Å². The molecule has 0 aliphatic rings. The van der Waals surface area contributed by atoms with E-state index in [2.05, 4.69) is 15.9 Å². The van der Waals surface area contributed by atoms with E-state index in [0.717, 1.165) is 15.7 Å². The Morgan fingerprint density at radius 3 is 2.08 bits per heavy atom. The van der Waals surface area contributed by atoms with Crippen LogP contribution in [0.2, 0.25) is 0 Å². The van der Waals surface area contributed by atoms with Gasteiger partial charge in [-0.3, -0.25) is 0 Å². The lowest BCUT2D eigenvalue weighted by Crippen LogP contribution is -2.15. The second-order valence-corrected chi connectivity index (χ2v) is 6.37. The molecule has 3 aromatic rings. The van der Waals surface area contributed by atoms with Gasteiger partial charge < -0.3 is 14.0 Å². The fraction of sp³-hybridized carbons (Fsp3) is 0.100. The number of benzene rings is 2. The van der Waals surface area contributed by atoms with E-state index in [9.17, 15) is 9.59 Å².